The molecule has 0 aliphatic carbocycles. The van der Waals surface area contributed by atoms with Gasteiger partial charge in [-0.3, -0.25) is 18.6 Å². The third-order valence-electron chi connectivity index (χ3n) is 8.49. The largest absolute Gasteiger partial charge is 0.480 e. The van der Waals surface area contributed by atoms with Crippen LogP contribution >= 0.6 is 7.82 Å². The molecule has 4 N–H and O–H groups in total. The standard InChI is InChI=1S/C39H72NO10P/c1-3-5-7-9-11-13-15-16-17-18-19-21-22-24-26-28-30-37(42)40-36(39(44)45)34-50-51(46,47)49-33-35(41)32-48-38(43)31-29-27-25-23-20-14-12-10-8-6-4-2/h13,15,17-18,35-36,41H,3-12,14,16,19-34H2,1-2H3,(H,40,42)(H,44,45)(H,46,47)/b15-13-,18-17-. The van der Waals surface area contributed by atoms with Crippen molar-refractivity contribution in [2.45, 2.75) is 187 Å². The minimum absolute atomic E-state index is 0.131. The smallest absolute Gasteiger partial charge is 0.472 e. The number of phosphoric acid groups is 1. The summed E-state index contributed by atoms with van der Waals surface area (Å²) in [6, 6.07) is -1.55. The molecule has 298 valence electrons. The molecule has 0 aromatic rings. The van der Waals surface area contributed by atoms with Gasteiger partial charge in [0.2, 0.25) is 5.91 Å². The van der Waals surface area contributed by atoms with Crippen LogP contribution in [0.1, 0.15) is 174 Å². The molecule has 11 nitrogen and oxygen atoms in total. The van der Waals surface area contributed by atoms with Crippen molar-refractivity contribution in [2.75, 3.05) is 19.8 Å². The van der Waals surface area contributed by atoms with Crippen molar-refractivity contribution in [3.05, 3.63) is 24.3 Å². The summed E-state index contributed by atoms with van der Waals surface area (Å²) in [5.74, 6) is -2.39. The van der Waals surface area contributed by atoms with Crippen molar-refractivity contribution in [3.8, 4) is 0 Å². The van der Waals surface area contributed by atoms with Crippen LogP contribution in [0.3, 0.4) is 0 Å². The lowest BCUT2D eigenvalue weighted by Gasteiger charge is -2.18. The van der Waals surface area contributed by atoms with Gasteiger partial charge in [-0.1, -0.05) is 141 Å². The van der Waals surface area contributed by atoms with Crippen LogP contribution in [0.4, 0.5) is 0 Å². The molecule has 3 unspecified atom stereocenters. The minimum atomic E-state index is -4.75. The van der Waals surface area contributed by atoms with Crippen LogP contribution in [0.15, 0.2) is 24.3 Å². The van der Waals surface area contributed by atoms with Gasteiger partial charge < -0.3 is 25.2 Å². The normalized spacial score (nSPS) is 14.1. The number of unbranched alkanes of at least 4 members (excludes halogenated alkanes) is 19. The predicted molar refractivity (Wildman–Crippen MR) is 203 cm³/mol. The lowest BCUT2D eigenvalue weighted by atomic mass is 10.1. The summed E-state index contributed by atoms with van der Waals surface area (Å²) in [7, 11) is -4.75. The number of carboxylic acid groups (broad SMARTS) is 1. The van der Waals surface area contributed by atoms with E-state index in [0.717, 1.165) is 64.2 Å². The summed E-state index contributed by atoms with van der Waals surface area (Å²) in [6.45, 7) is 2.54. The maximum absolute atomic E-state index is 12.3. The van der Waals surface area contributed by atoms with Crippen LogP contribution in [0.25, 0.3) is 0 Å². The minimum Gasteiger partial charge on any atom is -0.480 e. The van der Waals surface area contributed by atoms with Crippen molar-refractivity contribution < 1.29 is 47.8 Å². The lowest BCUT2D eigenvalue weighted by molar-refractivity contribution is -0.147. The van der Waals surface area contributed by atoms with Crippen molar-refractivity contribution in [1.29, 1.82) is 0 Å². The summed E-state index contributed by atoms with van der Waals surface area (Å²) < 4.78 is 26.7. The fourth-order valence-electron chi connectivity index (χ4n) is 5.34. The number of carbonyl (C=O) groups is 3. The Morgan fingerprint density at radius 3 is 1.61 bits per heavy atom. The molecule has 0 spiro atoms. The SMILES string of the molecule is CCCCCC/C=C\C/C=C\CCCCCCCC(=O)NC(COP(=O)(O)OCC(O)COC(=O)CCCCCCCCCCCCC)C(=O)O. The molecule has 0 heterocycles. The number of hydrogen-bond acceptors (Lipinski definition) is 8. The van der Waals surface area contributed by atoms with Gasteiger partial charge in [0.1, 0.15) is 12.7 Å². The number of carboxylic acids is 1. The summed E-state index contributed by atoms with van der Waals surface area (Å²) >= 11 is 0. The van der Waals surface area contributed by atoms with Crippen molar-refractivity contribution in [2.24, 2.45) is 0 Å². The van der Waals surface area contributed by atoms with E-state index < -0.39 is 57.6 Å². The highest BCUT2D eigenvalue weighted by molar-refractivity contribution is 7.47. The Kier molecular flexibility index (Phi) is 33.6. The molecule has 0 rings (SSSR count). The fraction of sp³-hybridized carbons (Fsp3) is 0.821. The first-order valence-corrected chi connectivity index (χ1v) is 21.4. The van der Waals surface area contributed by atoms with Crippen LogP contribution in [0, 0.1) is 0 Å². The molecule has 0 bridgehead atoms. The van der Waals surface area contributed by atoms with Gasteiger partial charge in [-0.2, -0.15) is 0 Å². The van der Waals surface area contributed by atoms with E-state index in [1.807, 2.05) is 0 Å². The third-order valence-corrected chi connectivity index (χ3v) is 9.44. The van der Waals surface area contributed by atoms with Crippen LogP contribution in [0.2, 0.25) is 0 Å². The number of phosphoric ester groups is 1. The first-order valence-electron chi connectivity index (χ1n) is 19.9. The molecule has 0 fully saturated rings. The Balaban J connectivity index is 3.98. The molecule has 0 saturated carbocycles. The van der Waals surface area contributed by atoms with Gasteiger partial charge >= 0.3 is 19.8 Å². The second kappa shape index (κ2) is 35.0. The number of amides is 1. The third kappa shape index (κ3) is 34.8. The summed E-state index contributed by atoms with van der Waals surface area (Å²) in [4.78, 5) is 45.7. The average molecular weight is 746 g/mol. The van der Waals surface area contributed by atoms with Crippen molar-refractivity contribution in [3.63, 3.8) is 0 Å². The first kappa shape index (κ1) is 49.0. The maximum atomic E-state index is 12.3. The van der Waals surface area contributed by atoms with Crippen molar-refractivity contribution in [1.82, 2.24) is 5.32 Å². The number of esters is 1. The van der Waals surface area contributed by atoms with E-state index in [0.29, 0.717) is 12.8 Å². The number of aliphatic hydroxyl groups excluding tert-OH is 1. The topological polar surface area (TPSA) is 169 Å². The highest BCUT2D eigenvalue weighted by Crippen LogP contribution is 2.43. The van der Waals surface area contributed by atoms with Crippen LogP contribution < -0.4 is 5.32 Å². The Bertz CT molecular complexity index is 974. The van der Waals surface area contributed by atoms with E-state index in [4.69, 9.17) is 13.8 Å². The number of hydrogen-bond donors (Lipinski definition) is 4. The Morgan fingerprint density at radius 2 is 1.08 bits per heavy atom. The van der Waals surface area contributed by atoms with Gasteiger partial charge in [-0.15, -0.1) is 0 Å². The molecule has 3 atom stereocenters. The van der Waals surface area contributed by atoms with E-state index in [2.05, 4.69) is 43.5 Å². The van der Waals surface area contributed by atoms with E-state index in [1.54, 1.807) is 0 Å². The molecule has 0 aliphatic heterocycles. The molecule has 1 amide bonds. The van der Waals surface area contributed by atoms with Gasteiger partial charge in [-0.25, -0.2) is 9.36 Å². The van der Waals surface area contributed by atoms with Crippen molar-refractivity contribution >= 4 is 25.7 Å². The number of carbonyl (C=O) groups excluding carboxylic acids is 2. The Labute approximate surface area is 309 Å². The second-order valence-electron chi connectivity index (χ2n) is 13.5. The molecule has 51 heavy (non-hydrogen) atoms. The average Bonchev–Trinajstić information content (AvgIpc) is 3.10. The van der Waals surface area contributed by atoms with E-state index >= 15 is 0 Å². The van der Waals surface area contributed by atoms with E-state index in [9.17, 15) is 34.1 Å². The zero-order valence-corrected chi connectivity index (χ0v) is 32.8. The monoisotopic (exact) mass is 745 g/mol. The molecule has 12 heteroatoms. The molecule has 0 aromatic carbocycles. The number of aliphatic hydroxyl groups is 1. The molecule has 0 radical (unpaired) electrons. The van der Waals surface area contributed by atoms with Crippen LogP contribution in [-0.4, -0.2) is 64.9 Å². The number of rotatable bonds is 37. The van der Waals surface area contributed by atoms with Gasteiger partial charge in [0, 0.05) is 12.8 Å². The number of ether oxygens (including phenoxy) is 1. The van der Waals surface area contributed by atoms with Crippen LogP contribution in [-0.2, 0) is 32.7 Å². The molecular weight excluding hydrogens is 673 g/mol. The zero-order valence-electron chi connectivity index (χ0n) is 31.9. The predicted octanol–water partition coefficient (Wildman–Crippen LogP) is 9.50. The Hall–Kier alpha value is -2.04. The Morgan fingerprint density at radius 1 is 0.627 bits per heavy atom. The molecular formula is C39H72NO10P. The fourth-order valence-corrected chi connectivity index (χ4v) is 6.12. The van der Waals surface area contributed by atoms with E-state index in [1.165, 1.54) is 70.6 Å². The number of aliphatic carboxylic acids is 1. The highest BCUT2D eigenvalue weighted by Gasteiger charge is 2.28. The quantitative estimate of drug-likeness (QED) is 0.0208. The number of allylic oxidation sites excluding steroid dienone is 4. The van der Waals surface area contributed by atoms with Crippen LogP contribution in [0.5, 0.6) is 0 Å². The highest BCUT2D eigenvalue weighted by atomic mass is 31.2. The van der Waals surface area contributed by atoms with E-state index in [-0.39, 0.29) is 12.8 Å². The maximum Gasteiger partial charge on any atom is 0.472 e. The summed E-state index contributed by atoms with van der Waals surface area (Å²) in [5.41, 5.74) is 0. The summed E-state index contributed by atoms with van der Waals surface area (Å²) in [6.07, 6.45) is 33.5. The van der Waals surface area contributed by atoms with Gasteiger partial charge in [0.05, 0.1) is 13.2 Å². The van der Waals surface area contributed by atoms with Gasteiger partial charge in [-0.05, 0) is 44.9 Å². The van der Waals surface area contributed by atoms with Gasteiger partial charge in [0.15, 0.2) is 6.04 Å². The lowest BCUT2D eigenvalue weighted by Crippen LogP contribution is -2.43. The summed E-state index contributed by atoms with van der Waals surface area (Å²) in [5, 5.41) is 21.7. The molecule has 0 aliphatic rings. The molecule has 0 aromatic heterocycles. The number of nitrogens with one attached hydrogen (secondary N) is 1. The van der Waals surface area contributed by atoms with Gasteiger partial charge in [0.25, 0.3) is 0 Å². The second-order valence-corrected chi connectivity index (χ2v) is 14.9. The molecule has 0 saturated heterocycles. The zero-order chi connectivity index (χ0) is 37.8. The first-order chi connectivity index (χ1) is 24.6.